The Bertz CT molecular complexity index is 763. The molecule has 3 nitrogen and oxygen atoms in total. The zero-order valence-electron chi connectivity index (χ0n) is 14.5. The van der Waals surface area contributed by atoms with Crippen LogP contribution in [0.2, 0.25) is 0 Å². The molecule has 0 bridgehead atoms. The minimum atomic E-state index is 0. The lowest BCUT2D eigenvalue weighted by atomic mass is 9.90. The highest BCUT2D eigenvalue weighted by Crippen LogP contribution is 2.40. The number of aryl methyl sites for hydroxylation is 2. The SMILES string of the molecule is CC(N)C1CCN(C(=O)c2cc3c(s2)-c2ccccc2CC3)CC1.Cl. The first-order valence-electron chi connectivity index (χ1n) is 8.89. The van der Waals surface area contributed by atoms with E-state index in [2.05, 4.69) is 37.3 Å². The minimum Gasteiger partial charge on any atom is -0.338 e. The van der Waals surface area contributed by atoms with Crippen LogP contribution < -0.4 is 5.73 Å². The van der Waals surface area contributed by atoms with E-state index in [1.165, 1.54) is 21.6 Å². The smallest absolute Gasteiger partial charge is 0.263 e. The molecule has 4 rings (SSSR count). The summed E-state index contributed by atoms with van der Waals surface area (Å²) in [6.45, 7) is 3.75. The van der Waals surface area contributed by atoms with Crippen molar-refractivity contribution in [2.75, 3.05) is 13.1 Å². The van der Waals surface area contributed by atoms with Gasteiger partial charge in [-0.3, -0.25) is 4.79 Å². The highest BCUT2D eigenvalue weighted by molar-refractivity contribution is 7.17. The van der Waals surface area contributed by atoms with Gasteiger partial charge in [-0.1, -0.05) is 24.3 Å². The summed E-state index contributed by atoms with van der Waals surface area (Å²) in [5.74, 6) is 0.757. The Morgan fingerprint density at radius 1 is 1.20 bits per heavy atom. The van der Waals surface area contributed by atoms with Crippen LogP contribution in [0.4, 0.5) is 0 Å². The average molecular weight is 377 g/mol. The minimum absolute atomic E-state index is 0. The topological polar surface area (TPSA) is 46.3 Å². The van der Waals surface area contributed by atoms with E-state index in [1.807, 2.05) is 4.90 Å². The number of hydrogen-bond acceptors (Lipinski definition) is 3. The zero-order chi connectivity index (χ0) is 16.7. The number of benzene rings is 1. The van der Waals surface area contributed by atoms with Crippen LogP contribution in [0.1, 0.15) is 40.6 Å². The van der Waals surface area contributed by atoms with Crippen LogP contribution in [0.15, 0.2) is 30.3 Å². The summed E-state index contributed by atoms with van der Waals surface area (Å²) >= 11 is 1.67. The molecule has 0 spiro atoms. The third-order valence-corrected chi connectivity index (χ3v) is 6.71. The fourth-order valence-electron chi connectivity index (χ4n) is 3.96. The van der Waals surface area contributed by atoms with Crippen LogP contribution in [-0.2, 0) is 12.8 Å². The van der Waals surface area contributed by atoms with E-state index >= 15 is 0 Å². The summed E-state index contributed by atoms with van der Waals surface area (Å²) in [4.78, 5) is 17.1. The lowest BCUT2D eigenvalue weighted by molar-refractivity contribution is 0.0686. The van der Waals surface area contributed by atoms with Crippen molar-refractivity contribution in [1.82, 2.24) is 4.90 Å². The summed E-state index contributed by atoms with van der Waals surface area (Å²) in [7, 11) is 0. The van der Waals surface area contributed by atoms with Crippen molar-refractivity contribution < 1.29 is 4.79 Å². The maximum absolute atomic E-state index is 12.9. The number of nitrogens with two attached hydrogens (primary N) is 1. The molecule has 5 heteroatoms. The number of rotatable bonds is 2. The Morgan fingerprint density at radius 2 is 1.88 bits per heavy atom. The van der Waals surface area contributed by atoms with E-state index in [0.717, 1.165) is 43.6 Å². The van der Waals surface area contributed by atoms with Crippen molar-refractivity contribution in [3.05, 3.63) is 46.3 Å². The molecule has 1 amide bonds. The summed E-state index contributed by atoms with van der Waals surface area (Å²) < 4.78 is 0. The number of piperidine rings is 1. The molecule has 1 fully saturated rings. The largest absolute Gasteiger partial charge is 0.338 e. The molecule has 1 aliphatic carbocycles. The summed E-state index contributed by atoms with van der Waals surface area (Å²) in [5, 5.41) is 0. The molecule has 1 aliphatic heterocycles. The Hall–Kier alpha value is -1.36. The maximum atomic E-state index is 12.9. The van der Waals surface area contributed by atoms with Gasteiger partial charge in [0.15, 0.2) is 0 Å². The van der Waals surface area contributed by atoms with Crippen LogP contribution in [0.5, 0.6) is 0 Å². The van der Waals surface area contributed by atoms with E-state index < -0.39 is 0 Å². The third kappa shape index (κ3) is 3.48. The second kappa shape index (κ2) is 7.48. The lowest BCUT2D eigenvalue weighted by Crippen LogP contribution is -2.42. The van der Waals surface area contributed by atoms with Crippen molar-refractivity contribution in [2.45, 2.75) is 38.6 Å². The number of fused-ring (bicyclic) bond motifs is 3. The van der Waals surface area contributed by atoms with Gasteiger partial charge in [0, 0.05) is 24.0 Å². The second-order valence-electron chi connectivity index (χ2n) is 7.11. The normalized spacial score (nSPS) is 18.1. The van der Waals surface area contributed by atoms with Gasteiger partial charge in [-0.25, -0.2) is 0 Å². The second-order valence-corrected chi connectivity index (χ2v) is 8.16. The Balaban J connectivity index is 0.00000182. The number of likely N-dealkylation sites (tertiary alicyclic amines) is 1. The van der Waals surface area contributed by atoms with Gasteiger partial charge in [0.05, 0.1) is 4.88 Å². The first-order chi connectivity index (χ1) is 11.6. The number of hydrogen-bond donors (Lipinski definition) is 1. The van der Waals surface area contributed by atoms with E-state index in [-0.39, 0.29) is 24.4 Å². The molecule has 1 saturated heterocycles. The number of thiophene rings is 1. The summed E-state index contributed by atoms with van der Waals surface area (Å²) in [5.41, 5.74) is 10.1. The highest BCUT2D eigenvalue weighted by atomic mass is 35.5. The number of nitrogens with zero attached hydrogens (tertiary/aromatic N) is 1. The van der Waals surface area contributed by atoms with E-state index in [4.69, 9.17) is 5.73 Å². The molecule has 1 atom stereocenters. The van der Waals surface area contributed by atoms with Crippen molar-refractivity contribution in [3.8, 4) is 10.4 Å². The van der Waals surface area contributed by atoms with Gasteiger partial charge in [0.25, 0.3) is 5.91 Å². The fourth-order valence-corrected chi connectivity index (χ4v) is 5.20. The quantitative estimate of drug-likeness (QED) is 0.856. The molecule has 2 heterocycles. The van der Waals surface area contributed by atoms with Crippen molar-refractivity contribution in [3.63, 3.8) is 0 Å². The molecule has 134 valence electrons. The molecule has 1 aromatic carbocycles. The molecule has 2 aliphatic rings. The predicted octanol–water partition coefficient (Wildman–Crippen LogP) is 4.13. The lowest BCUT2D eigenvalue weighted by Gasteiger charge is -2.33. The van der Waals surface area contributed by atoms with Crippen LogP contribution in [0.3, 0.4) is 0 Å². The zero-order valence-corrected chi connectivity index (χ0v) is 16.2. The van der Waals surface area contributed by atoms with Crippen LogP contribution in [0.25, 0.3) is 10.4 Å². The van der Waals surface area contributed by atoms with Crippen molar-refractivity contribution in [1.29, 1.82) is 0 Å². The van der Waals surface area contributed by atoms with Gasteiger partial charge in [-0.2, -0.15) is 0 Å². The van der Waals surface area contributed by atoms with Crippen LogP contribution in [-0.4, -0.2) is 29.9 Å². The van der Waals surface area contributed by atoms with E-state index in [9.17, 15) is 4.79 Å². The van der Waals surface area contributed by atoms with Gasteiger partial charge in [-0.15, -0.1) is 23.7 Å². The van der Waals surface area contributed by atoms with Crippen molar-refractivity contribution in [2.24, 2.45) is 11.7 Å². The molecular weight excluding hydrogens is 352 g/mol. The van der Waals surface area contributed by atoms with E-state index in [0.29, 0.717) is 5.92 Å². The average Bonchev–Trinajstić information content (AvgIpc) is 3.06. The molecular formula is C20H25ClN2OS. The number of carbonyl (C=O) groups excluding carboxylic acids is 1. The van der Waals surface area contributed by atoms with Crippen LogP contribution >= 0.6 is 23.7 Å². The standard InChI is InChI=1S/C20H24N2OS.ClH/c1-13(21)14-8-10-22(11-9-14)20(23)18-12-16-7-6-15-4-2-3-5-17(15)19(16)24-18;/h2-5,12-14H,6-11,21H2,1H3;1H. The van der Waals surface area contributed by atoms with Crippen LogP contribution in [0, 0.1) is 5.92 Å². The first-order valence-corrected chi connectivity index (χ1v) is 9.71. The highest BCUT2D eigenvalue weighted by Gasteiger charge is 2.28. The molecule has 25 heavy (non-hydrogen) atoms. The summed E-state index contributed by atoms with van der Waals surface area (Å²) in [6, 6.07) is 11.0. The number of halogens is 1. The third-order valence-electron chi connectivity index (χ3n) is 5.52. The Morgan fingerprint density at radius 3 is 2.60 bits per heavy atom. The first kappa shape index (κ1) is 18.4. The summed E-state index contributed by atoms with van der Waals surface area (Å²) in [6.07, 6.45) is 4.17. The maximum Gasteiger partial charge on any atom is 0.263 e. The Kier molecular flexibility index (Phi) is 5.52. The van der Waals surface area contributed by atoms with Gasteiger partial charge in [0.2, 0.25) is 0 Å². The van der Waals surface area contributed by atoms with Gasteiger partial charge < -0.3 is 10.6 Å². The van der Waals surface area contributed by atoms with Gasteiger partial charge in [0.1, 0.15) is 0 Å². The number of carbonyl (C=O) groups is 1. The molecule has 1 unspecified atom stereocenters. The predicted molar refractivity (Wildman–Crippen MR) is 107 cm³/mol. The Labute approximate surface area is 159 Å². The molecule has 2 aromatic rings. The van der Waals surface area contributed by atoms with Gasteiger partial charge >= 0.3 is 0 Å². The van der Waals surface area contributed by atoms with Crippen molar-refractivity contribution >= 4 is 29.7 Å². The molecule has 0 saturated carbocycles. The molecule has 2 N–H and O–H groups in total. The number of amides is 1. The molecule has 0 radical (unpaired) electrons. The fraction of sp³-hybridized carbons (Fsp3) is 0.450. The van der Waals surface area contributed by atoms with E-state index in [1.54, 1.807) is 11.3 Å². The van der Waals surface area contributed by atoms with Gasteiger partial charge in [-0.05, 0) is 61.3 Å². The molecule has 1 aromatic heterocycles. The monoisotopic (exact) mass is 376 g/mol.